The molecule has 0 aliphatic carbocycles. The second kappa shape index (κ2) is 1.42. The highest BCUT2D eigenvalue weighted by atomic mass is 28.3. The van der Waals surface area contributed by atoms with Gasteiger partial charge in [0, 0.05) is 0 Å². The largest absolute Gasteiger partial charge is 0.507 e. The van der Waals surface area contributed by atoms with Crippen LogP contribution in [-0.2, 0) is 4.80 Å². The van der Waals surface area contributed by atoms with E-state index in [1.54, 1.807) is 0 Å². The van der Waals surface area contributed by atoms with E-state index in [9.17, 15) is 0 Å². The van der Waals surface area contributed by atoms with Crippen LogP contribution >= 0.6 is 0 Å². The minimum atomic E-state index is -3.39. The van der Waals surface area contributed by atoms with Crippen LogP contribution in [0.3, 0.4) is 0 Å². The number of hydrogen-bond acceptors (Lipinski definition) is 2. The molecule has 1 radical (unpaired) electrons. The first kappa shape index (κ1) is 4.10. The predicted octanol–water partition coefficient (Wildman–Crippen LogP) is -1.88. The molecule has 0 heterocycles. The Morgan fingerprint density at radius 2 is 1.50 bits per heavy atom. The molecule has 0 saturated heterocycles. The van der Waals surface area contributed by atoms with Crippen molar-refractivity contribution in [2.75, 3.05) is 0 Å². The summed E-state index contributed by atoms with van der Waals surface area (Å²) in [5.41, 5.74) is 0. The van der Waals surface area contributed by atoms with Gasteiger partial charge in [-0.25, -0.2) is 4.80 Å². The summed E-state index contributed by atoms with van der Waals surface area (Å²) in [7, 11) is -3.39. The zero-order valence-electron chi connectivity index (χ0n) is 1.88. The van der Waals surface area contributed by atoms with Gasteiger partial charge in [0.1, 0.15) is 0 Å². The third-order valence-corrected chi connectivity index (χ3v) is 0. The van der Waals surface area contributed by atoms with Gasteiger partial charge in [0.15, 0.2) is 0 Å². The molecule has 3 nitrogen and oxygen atoms in total. The van der Waals surface area contributed by atoms with Crippen LogP contribution in [0, 0.1) is 0 Å². The van der Waals surface area contributed by atoms with Gasteiger partial charge in [0.2, 0.25) is 0 Å². The quantitative estimate of drug-likeness (QED) is 0.334. The highest BCUT2D eigenvalue weighted by molar-refractivity contribution is 6.30. The molecule has 0 fully saturated rings. The van der Waals surface area contributed by atoms with E-state index >= 15 is 0 Å². The van der Waals surface area contributed by atoms with E-state index in [2.05, 4.69) is 0 Å². The molecule has 0 aromatic heterocycles. The number of rotatable bonds is 0. The fourth-order valence-electron chi connectivity index (χ4n) is 0. The van der Waals surface area contributed by atoms with Crippen molar-refractivity contribution in [3.63, 3.8) is 0 Å². The van der Waals surface area contributed by atoms with E-state index in [1.807, 2.05) is 0 Å². The maximum atomic E-state index is 8.78. The van der Waals surface area contributed by atoms with Crippen LogP contribution in [0.2, 0.25) is 0 Å². The lowest BCUT2D eigenvalue weighted by Gasteiger charge is -1.70. The molecular formula is H3O3Si. The molecule has 4 heavy (non-hydrogen) atoms. The third-order valence-electron chi connectivity index (χ3n) is 0. The molecule has 2 N–H and O–H groups in total. The van der Waals surface area contributed by atoms with Crippen molar-refractivity contribution in [2.24, 2.45) is 0 Å². The molecule has 25 valence electrons. The Morgan fingerprint density at radius 3 is 1.50 bits per heavy atom. The molecule has 0 aromatic rings. The topological polar surface area (TPSA) is 60.4 Å². The van der Waals surface area contributed by atoms with Gasteiger partial charge in [-0.15, -0.1) is 0 Å². The Hall–Kier alpha value is 0.0969. The lowest BCUT2D eigenvalue weighted by atomic mass is 15.8. The maximum absolute atomic E-state index is 8.78. The van der Waals surface area contributed by atoms with Gasteiger partial charge in [-0.3, -0.25) is 0 Å². The predicted molar refractivity (Wildman–Crippen MR) is 12.3 cm³/mol. The van der Waals surface area contributed by atoms with Gasteiger partial charge in [0.05, 0.1) is 0 Å². The first-order valence-corrected chi connectivity index (χ1v) is 2.26. The molecule has 0 bridgehead atoms. The summed E-state index contributed by atoms with van der Waals surface area (Å²) in [5, 5.41) is 0. The molecule has 0 amide bonds. The lowest BCUT2D eigenvalue weighted by Crippen LogP contribution is -2.04. The molecule has 0 aliphatic rings. The second-order valence-corrected chi connectivity index (χ2v) is 0.979. The Labute approximate surface area is 25.1 Å². The normalized spacial score (nSPS) is 9.00. The summed E-state index contributed by atoms with van der Waals surface area (Å²) in [6, 6.07) is 0. The average molecular weight is 79.1 g/mol. The Morgan fingerprint density at radius 1 is 1.50 bits per heavy atom. The molecule has 0 rings (SSSR count). The minimum Gasteiger partial charge on any atom is -0.391 e. The molecule has 0 unspecified atom stereocenters. The summed E-state index contributed by atoms with van der Waals surface area (Å²) in [4.78, 5) is 23.2. The standard InChI is InChI=1S/H3O3Si/c1-4(2)3/h1-2,4H. The summed E-state index contributed by atoms with van der Waals surface area (Å²) in [6.07, 6.45) is 0. The zero-order valence-corrected chi connectivity index (χ0v) is 3.03. The van der Waals surface area contributed by atoms with Gasteiger partial charge in [-0.1, -0.05) is 0 Å². The zero-order chi connectivity index (χ0) is 3.58. The van der Waals surface area contributed by atoms with Gasteiger partial charge >= 0.3 is 9.53 Å². The van der Waals surface area contributed by atoms with Crippen LogP contribution in [0.25, 0.3) is 0 Å². The van der Waals surface area contributed by atoms with Gasteiger partial charge < -0.3 is 9.59 Å². The molecule has 0 atom stereocenters. The Kier molecular flexibility index (Phi) is 1.45. The average Bonchev–Trinajstić information content (AvgIpc) is 0.811. The van der Waals surface area contributed by atoms with E-state index in [1.165, 1.54) is 0 Å². The van der Waals surface area contributed by atoms with E-state index in [0.29, 0.717) is 0 Å². The smallest absolute Gasteiger partial charge is 0.391 e. The summed E-state index contributed by atoms with van der Waals surface area (Å²) < 4.78 is 0. The van der Waals surface area contributed by atoms with Crippen molar-refractivity contribution in [3.05, 3.63) is 0 Å². The molecule has 0 saturated carbocycles. The van der Waals surface area contributed by atoms with Crippen LogP contribution in [0.15, 0.2) is 0 Å². The Balaban J connectivity index is 2.32. The molecule has 0 aliphatic heterocycles. The van der Waals surface area contributed by atoms with Crippen molar-refractivity contribution < 1.29 is 14.4 Å². The van der Waals surface area contributed by atoms with Crippen molar-refractivity contribution in [1.29, 1.82) is 0 Å². The highest BCUT2D eigenvalue weighted by Gasteiger charge is 1.87. The lowest BCUT2D eigenvalue weighted by molar-refractivity contribution is 0.229. The van der Waals surface area contributed by atoms with E-state index in [-0.39, 0.29) is 0 Å². The van der Waals surface area contributed by atoms with Crippen molar-refractivity contribution in [1.82, 2.24) is 0 Å². The SMILES string of the molecule is [O][SiH](O)O. The molecule has 0 spiro atoms. The van der Waals surface area contributed by atoms with Crippen LogP contribution in [0.5, 0.6) is 0 Å². The molecule has 0 aromatic carbocycles. The third kappa shape index (κ3) is 269. The Bertz CT molecular complexity index is 8.00. The summed E-state index contributed by atoms with van der Waals surface area (Å²) in [5.74, 6) is 0. The van der Waals surface area contributed by atoms with Gasteiger partial charge in [0.25, 0.3) is 0 Å². The van der Waals surface area contributed by atoms with Crippen molar-refractivity contribution >= 4 is 9.53 Å². The van der Waals surface area contributed by atoms with E-state index in [0.717, 1.165) is 0 Å². The summed E-state index contributed by atoms with van der Waals surface area (Å²) in [6.45, 7) is 0. The van der Waals surface area contributed by atoms with Crippen molar-refractivity contribution in [3.8, 4) is 0 Å². The molecule has 4 heteroatoms. The van der Waals surface area contributed by atoms with Crippen LogP contribution < -0.4 is 0 Å². The molecular weight excluding hydrogens is 76.1 g/mol. The maximum Gasteiger partial charge on any atom is 0.507 e. The second-order valence-electron chi connectivity index (χ2n) is 0.326. The first-order valence-electron chi connectivity index (χ1n) is 0.752. The van der Waals surface area contributed by atoms with Crippen molar-refractivity contribution in [2.45, 2.75) is 0 Å². The fourth-order valence-corrected chi connectivity index (χ4v) is 0. The van der Waals surface area contributed by atoms with Crippen LogP contribution in [-0.4, -0.2) is 19.1 Å². The van der Waals surface area contributed by atoms with Crippen LogP contribution in [0.1, 0.15) is 0 Å². The summed E-state index contributed by atoms with van der Waals surface area (Å²) >= 11 is 0. The van der Waals surface area contributed by atoms with E-state index in [4.69, 9.17) is 14.4 Å². The number of hydrogen-bond donors (Lipinski definition) is 2. The monoisotopic (exact) mass is 79.0 g/mol. The van der Waals surface area contributed by atoms with Gasteiger partial charge in [-0.05, 0) is 0 Å². The fraction of sp³-hybridized carbons (Fsp3) is 0. The van der Waals surface area contributed by atoms with Crippen LogP contribution in [0.4, 0.5) is 0 Å². The minimum absolute atomic E-state index is 3.39. The first-order chi connectivity index (χ1) is 1.73. The van der Waals surface area contributed by atoms with Gasteiger partial charge in [-0.2, -0.15) is 0 Å². The highest BCUT2D eigenvalue weighted by Crippen LogP contribution is 1.43. The van der Waals surface area contributed by atoms with E-state index < -0.39 is 9.53 Å².